The molecule has 1 aliphatic rings. The van der Waals surface area contributed by atoms with Gasteiger partial charge < -0.3 is 24.0 Å². The first-order chi connectivity index (χ1) is 17.1. The van der Waals surface area contributed by atoms with Crippen molar-refractivity contribution < 1.29 is 19.0 Å². The molecule has 1 fully saturated rings. The number of hydrogen-bond acceptors (Lipinski definition) is 6. The van der Waals surface area contributed by atoms with Crippen LogP contribution in [0.25, 0.3) is 0 Å². The second-order valence-corrected chi connectivity index (χ2v) is 7.94. The Morgan fingerprint density at radius 3 is 2.11 bits per heavy atom. The summed E-state index contributed by atoms with van der Waals surface area (Å²) in [5, 5.41) is 3.01. The van der Waals surface area contributed by atoms with E-state index in [1.54, 1.807) is 39.5 Å². The zero-order valence-electron chi connectivity index (χ0n) is 20.2. The molecule has 4 rings (SSSR count). The van der Waals surface area contributed by atoms with Gasteiger partial charge in [0.2, 0.25) is 5.96 Å². The van der Waals surface area contributed by atoms with Crippen LogP contribution in [0.5, 0.6) is 17.2 Å². The Labute approximate surface area is 205 Å². The molecule has 0 radical (unpaired) electrons. The van der Waals surface area contributed by atoms with Crippen LogP contribution in [-0.2, 0) is 0 Å². The summed E-state index contributed by atoms with van der Waals surface area (Å²) in [5.41, 5.74) is 2.27. The summed E-state index contributed by atoms with van der Waals surface area (Å²) in [6.07, 6.45) is 0. The second-order valence-electron chi connectivity index (χ2n) is 7.94. The Morgan fingerprint density at radius 1 is 0.771 bits per heavy atom. The van der Waals surface area contributed by atoms with Crippen LogP contribution in [0.1, 0.15) is 10.4 Å². The number of methoxy groups -OCH3 is 3. The number of guanidine groups is 1. The highest BCUT2D eigenvalue weighted by Crippen LogP contribution is 2.29. The van der Waals surface area contributed by atoms with Gasteiger partial charge in [-0.1, -0.05) is 30.3 Å². The standard InChI is InChI=1S/C27H30N4O4/c1-33-23-12-8-7-11-22(23)28-27(29-26(32)20-13-14-24(34-2)25(19-20)35-3)31-17-15-30(16-18-31)21-9-5-4-6-10-21/h4-14,19H,15-18H2,1-3H3,(H,28,29,32). The molecule has 3 aromatic carbocycles. The number of carbonyl (C=O) groups is 1. The fourth-order valence-electron chi connectivity index (χ4n) is 3.98. The van der Waals surface area contributed by atoms with Crippen LogP contribution in [0.15, 0.2) is 77.8 Å². The van der Waals surface area contributed by atoms with Gasteiger partial charge in [0.25, 0.3) is 5.91 Å². The van der Waals surface area contributed by atoms with Crippen LogP contribution < -0.4 is 24.4 Å². The molecule has 8 nitrogen and oxygen atoms in total. The third-order valence-corrected chi connectivity index (χ3v) is 5.88. The number of piperazine rings is 1. The Bertz CT molecular complexity index is 1170. The smallest absolute Gasteiger partial charge is 0.258 e. The van der Waals surface area contributed by atoms with Gasteiger partial charge in [-0.2, -0.15) is 0 Å². The Hall–Kier alpha value is -4.20. The van der Waals surface area contributed by atoms with Gasteiger partial charge in [-0.25, -0.2) is 4.99 Å². The zero-order valence-corrected chi connectivity index (χ0v) is 20.2. The van der Waals surface area contributed by atoms with Crippen LogP contribution in [0.4, 0.5) is 11.4 Å². The minimum atomic E-state index is -0.287. The van der Waals surface area contributed by atoms with E-state index in [0.29, 0.717) is 47.5 Å². The SMILES string of the molecule is COc1ccccc1N=C(NC(=O)c1ccc(OC)c(OC)c1)N1CCN(c2ccccc2)CC1. The van der Waals surface area contributed by atoms with Crippen LogP contribution in [0.3, 0.4) is 0 Å². The molecule has 1 N–H and O–H groups in total. The van der Waals surface area contributed by atoms with E-state index in [9.17, 15) is 4.79 Å². The topological polar surface area (TPSA) is 75.6 Å². The third kappa shape index (κ3) is 5.66. The molecule has 182 valence electrons. The lowest BCUT2D eigenvalue weighted by Gasteiger charge is -2.37. The van der Waals surface area contributed by atoms with E-state index < -0.39 is 0 Å². The number of amides is 1. The number of carbonyl (C=O) groups excluding carboxylic acids is 1. The fraction of sp³-hybridized carbons (Fsp3) is 0.259. The maximum Gasteiger partial charge on any atom is 0.258 e. The molecule has 0 aliphatic carbocycles. The van der Waals surface area contributed by atoms with Gasteiger partial charge >= 0.3 is 0 Å². The number of ether oxygens (including phenoxy) is 3. The summed E-state index contributed by atoms with van der Waals surface area (Å²) in [5.74, 6) is 1.87. The van der Waals surface area contributed by atoms with Gasteiger partial charge in [-0.3, -0.25) is 10.1 Å². The van der Waals surface area contributed by atoms with Crippen molar-refractivity contribution in [2.24, 2.45) is 4.99 Å². The molecule has 0 spiro atoms. The third-order valence-electron chi connectivity index (χ3n) is 5.88. The molecule has 0 unspecified atom stereocenters. The number of benzene rings is 3. The minimum absolute atomic E-state index is 0.287. The van der Waals surface area contributed by atoms with Crippen molar-refractivity contribution in [1.29, 1.82) is 0 Å². The van der Waals surface area contributed by atoms with Crippen molar-refractivity contribution in [3.63, 3.8) is 0 Å². The molecule has 1 amide bonds. The van der Waals surface area contributed by atoms with Gasteiger partial charge in [0, 0.05) is 37.4 Å². The van der Waals surface area contributed by atoms with Crippen molar-refractivity contribution >= 4 is 23.2 Å². The van der Waals surface area contributed by atoms with Crippen molar-refractivity contribution in [2.75, 3.05) is 52.4 Å². The molecule has 0 aromatic heterocycles. The van der Waals surface area contributed by atoms with Gasteiger partial charge in [-0.05, 0) is 42.5 Å². The predicted molar refractivity (Wildman–Crippen MR) is 137 cm³/mol. The van der Waals surface area contributed by atoms with Gasteiger partial charge in [0.15, 0.2) is 11.5 Å². The average molecular weight is 475 g/mol. The molecule has 1 aliphatic heterocycles. The molecule has 0 bridgehead atoms. The van der Waals surface area contributed by atoms with Gasteiger partial charge in [0.05, 0.1) is 21.3 Å². The molecule has 35 heavy (non-hydrogen) atoms. The maximum absolute atomic E-state index is 13.2. The highest BCUT2D eigenvalue weighted by atomic mass is 16.5. The van der Waals surface area contributed by atoms with Crippen molar-refractivity contribution in [2.45, 2.75) is 0 Å². The normalized spacial score (nSPS) is 13.9. The Kier molecular flexibility index (Phi) is 7.72. The first-order valence-electron chi connectivity index (χ1n) is 11.4. The number of para-hydroxylation sites is 3. The lowest BCUT2D eigenvalue weighted by Crippen LogP contribution is -2.53. The van der Waals surface area contributed by atoms with E-state index in [4.69, 9.17) is 19.2 Å². The monoisotopic (exact) mass is 474 g/mol. The second kappa shape index (κ2) is 11.3. The maximum atomic E-state index is 13.2. The largest absolute Gasteiger partial charge is 0.494 e. The van der Waals surface area contributed by atoms with Crippen LogP contribution in [0.2, 0.25) is 0 Å². The van der Waals surface area contributed by atoms with Crippen molar-refractivity contribution in [1.82, 2.24) is 10.2 Å². The molecule has 1 heterocycles. The molecular formula is C27H30N4O4. The summed E-state index contributed by atoms with van der Waals surface area (Å²) in [6, 6.07) is 22.9. The highest BCUT2D eigenvalue weighted by Gasteiger charge is 2.23. The molecule has 0 atom stereocenters. The molecule has 3 aromatic rings. The van der Waals surface area contributed by atoms with Crippen LogP contribution >= 0.6 is 0 Å². The molecular weight excluding hydrogens is 444 g/mol. The quantitative estimate of drug-likeness (QED) is 0.431. The van der Waals surface area contributed by atoms with E-state index in [1.165, 1.54) is 5.69 Å². The van der Waals surface area contributed by atoms with E-state index in [2.05, 4.69) is 27.2 Å². The summed E-state index contributed by atoms with van der Waals surface area (Å²) >= 11 is 0. The Morgan fingerprint density at radius 2 is 1.43 bits per heavy atom. The number of anilines is 1. The lowest BCUT2D eigenvalue weighted by atomic mass is 10.2. The average Bonchev–Trinajstić information content (AvgIpc) is 2.93. The summed E-state index contributed by atoms with van der Waals surface area (Å²) in [7, 11) is 4.71. The van der Waals surface area contributed by atoms with E-state index in [-0.39, 0.29) is 5.91 Å². The van der Waals surface area contributed by atoms with Crippen molar-refractivity contribution in [3.05, 3.63) is 78.4 Å². The molecule has 8 heteroatoms. The van der Waals surface area contributed by atoms with Crippen LogP contribution in [0, 0.1) is 0 Å². The number of nitrogens with zero attached hydrogens (tertiary/aromatic N) is 3. The Balaban J connectivity index is 1.59. The summed E-state index contributed by atoms with van der Waals surface area (Å²) < 4.78 is 16.1. The predicted octanol–water partition coefficient (Wildman–Crippen LogP) is 3.95. The summed E-state index contributed by atoms with van der Waals surface area (Å²) in [6.45, 7) is 3.02. The van der Waals surface area contributed by atoms with E-state index in [1.807, 2.05) is 42.5 Å². The fourth-order valence-corrected chi connectivity index (χ4v) is 3.98. The van der Waals surface area contributed by atoms with Gasteiger partial charge in [0.1, 0.15) is 11.4 Å². The highest BCUT2D eigenvalue weighted by molar-refractivity contribution is 6.06. The number of rotatable bonds is 6. The van der Waals surface area contributed by atoms with E-state index >= 15 is 0 Å². The first-order valence-corrected chi connectivity index (χ1v) is 11.4. The van der Waals surface area contributed by atoms with Crippen molar-refractivity contribution in [3.8, 4) is 17.2 Å². The minimum Gasteiger partial charge on any atom is -0.494 e. The first kappa shape index (κ1) is 23.9. The molecule has 0 saturated carbocycles. The molecule has 1 saturated heterocycles. The van der Waals surface area contributed by atoms with Crippen LogP contribution in [-0.4, -0.2) is 64.3 Å². The van der Waals surface area contributed by atoms with E-state index in [0.717, 1.165) is 13.1 Å². The van der Waals surface area contributed by atoms with Gasteiger partial charge in [-0.15, -0.1) is 0 Å². The summed E-state index contributed by atoms with van der Waals surface area (Å²) in [4.78, 5) is 22.5. The number of nitrogens with one attached hydrogen (secondary N) is 1. The number of aliphatic imine (C=N–C) groups is 1. The number of hydrogen-bond donors (Lipinski definition) is 1. The lowest BCUT2D eigenvalue weighted by molar-refractivity contribution is 0.0971. The zero-order chi connectivity index (χ0) is 24.6.